The summed E-state index contributed by atoms with van der Waals surface area (Å²) < 4.78 is 39.6. The fraction of sp³-hybridized carbons (Fsp3) is 0.150. The second-order valence-electron chi connectivity index (χ2n) is 6.12. The molecule has 0 amide bonds. The molecule has 3 rings (SSSR count). The van der Waals surface area contributed by atoms with Gasteiger partial charge in [0.25, 0.3) is 0 Å². The molecule has 8 heteroatoms. The van der Waals surface area contributed by atoms with Crippen LogP contribution in [0.15, 0.2) is 54.6 Å². The average molecular weight is 386 g/mol. The highest BCUT2D eigenvalue weighted by molar-refractivity contribution is 5.95. The van der Waals surface area contributed by atoms with Crippen LogP contribution >= 0.6 is 0 Å². The molecule has 5 nitrogen and oxygen atoms in total. The van der Waals surface area contributed by atoms with Crippen molar-refractivity contribution in [1.82, 2.24) is 9.97 Å². The number of nitrogens with one attached hydrogen (secondary N) is 2. The Bertz CT molecular complexity index is 1020. The number of benzene rings is 2. The summed E-state index contributed by atoms with van der Waals surface area (Å²) in [6.45, 7) is 3.10. The molecule has 0 radical (unpaired) electrons. The van der Waals surface area contributed by atoms with Gasteiger partial charge in [-0.15, -0.1) is 0 Å². The van der Waals surface area contributed by atoms with Gasteiger partial charge < -0.3 is 10.6 Å². The molecule has 0 atom stereocenters. The van der Waals surface area contributed by atoms with Crippen molar-refractivity contribution in [3.8, 4) is 0 Å². The van der Waals surface area contributed by atoms with Gasteiger partial charge in [0.15, 0.2) is 5.78 Å². The molecule has 0 saturated carbocycles. The van der Waals surface area contributed by atoms with Gasteiger partial charge in [0.05, 0.1) is 11.3 Å². The average Bonchev–Trinajstić information content (AvgIpc) is 2.61. The first-order valence-corrected chi connectivity index (χ1v) is 8.39. The minimum atomic E-state index is -4.49. The fourth-order valence-corrected chi connectivity index (χ4v) is 2.64. The van der Waals surface area contributed by atoms with Gasteiger partial charge >= 0.3 is 6.18 Å². The minimum Gasteiger partial charge on any atom is -0.340 e. The van der Waals surface area contributed by atoms with Crippen LogP contribution in [-0.2, 0) is 6.18 Å². The van der Waals surface area contributed by atoms with Crippen molar-refractivity contribution in [1.29, 1.82) is 0 Å². The lowest BCUT2D eigenvalue weighted by atomic mass is 10.1. The van der Waals surface area contributed by atoms with Gasteiger partial charge in [-0.3, -0.25) is 4.79 Å². The number of hydrogen-bond acceptors (Lipinski definition) is 5. The summed E-state index contributed by atoms with van der Waals surface area (Å²) >= 11 is 0. The zero-order valence-electron chi connectivity index (χ0n) is 15.1. The van der Waals surface area contributed by atoms with E-state index in [0.29, 0.717) is 22.9 Å². The number of para-hydroxylation sites is 1. The van der Waals surface area contributed by atoms with E-state index in [0.717, 1.165) is 6.07 Å². The molecule has 0 unspecified atom stereocenters. The van der Waals surface area contributed by atoms with E-state index in [4.69, 9.17) is 0 Å². The number of alkyl halides is 3. The Morgan fingerprint density at radius 1 is 0.929 bits per heavy atom. The van der Waals surface area contributed by atoms with Crippen molar-refractivity contribution in [2.24, 2.45) is 0 Å². The monoisotopic (exact) mass is 386 g/mol. The van der Waals surface area contributed by atoms with Crippen molar-refractivity contribution < 1.29 is 18.0 Å². The summed E-state index contributed by atoms with van der Waals surface area (Å²) in [5, 5.41) is 5.76. The van der Waals surface area contributed by atoms with Gasteiger partial charge in [-0.25, -0.2) is 9.97 Å². The van der Waals surface area contributed by atoms with Crippen LogP contribution < -0.4 is 10.6 Å². The number of ketones is 1. The third-order valence-corrected chi connectivity index (χ3v) is 3.87. The highest BCUT2D eigenvalue weighted by Gasteiger charge is 2.33. The van der Waals surface area contributed by atoms with Crippen LogP contribution in [0.2, 0.25) is 0 Å². The molecule has 1 aromatic heterocycles. The molecule has 0 spiro atoms. The SMILES string of the molecule is CC(=O)c1cccc(Nc2cc(Nc3ccccc3C(F)(F)F)nc(C)n2)c1. The number of carbonyl (C=O) groups is 1. The Morgan fingerprint density at radius 2 is 1.61 bits per heavy atom. The first kappa shape index (κ1) is 19.3. The molecule has 0 bridgehead atoms. The number of Topliss-reactive ketones (excluding diaryl/α,β-unsaturated/α-hetero) is 1. The number of hydrogen-bond donors (Lipinski definition) is 2. The largest absolute Gasteiger partial charge is 0.418 e. The van der Waals surface area contributed by atoms with Gasteiger partial charge in [-0.1, -0.05) is 24.3 Å². The van der Waals surface area contributed by atoms with E-state index in [-0.39, 0.29) is 17.3 Å². The van der Waals surface area contributed by atoms with Crippen molar-refractivity contribution in [3.63, 3.8) is 0 Å². The third-order valence-electron chi connectivity index (χ3n) is 3.87. The molecule has 2 aromatic carbocycles. The van der Waals surface area contributed by atoms with Crippen molar-refractivity contribution in [3.05, 3.63) is 71.5 Å². The molecule has 0 aliphatic rings. The standard InChI is InChI=1S/C20H17F3N4O/c1-12(28)14-6-5-7-15(10-14)26-18-11-19(25-13(2)24-18)27-17-9-4-3-8-16(17)20(21,22)23/h3-11H,1-2H3,(H2,24,25,26,27). The molecule has 3 aromatic rings. The molecule has 144 valence electrons. The van der Waals surface area contributed by atoms with E-state index in [9.17, 15) is 18.0 Å². The molecule has 2 N–H and O–H groups in total. The molecule has 1 heterocycles. The molecule has 0 aliphatic heterocycles. The first-order valence-electron chi connectivity index (χ1n) is 8.39. The summed E-state index contributed by atoms with van der Waals surface area (Å²) in [6.07, 6.45) is -4.49. The minimum absolute atomic E-state index is 0.0753. The Hall–Kier alpha value is -3.42. The first-order chi connectivity index (χ1) is 13.2. The molecule has 28 heavy (non-hydrogen) atoms. The number of anilines is 4. The summed E-state index contributed by atoms with van der Waals surface area (Å²) in [5.74, 6) is 0.906. The zero-order valence-corrected chi connectivity index (χ0v) is 15.1. The summed E-state index contributed by atoms with van der Waals surface area (Å²) in [4.78, 5) is 19.9. The van der Waals surface area contributed by atoms with E-state index in [2.05, 4.69) is 20.6 Å². The van der Waals surface area contributed by atoms with Crippen LogP contribution in [0.4, 0.5) is 36.2 Å². The van der Waals surface area contributed by atoms with Crippen molar-refractivity contribution in [2.75, 3.05) is 10.6 Å². The van der Waals surface area contributed by atoms with Gasteiger partial charge in [-0.2, -0.15) is 13.2 Å². The number of carbonyl (C=O) groups excluding carboxylic acids is 1. The lowest BCUT2D eigenvalue weighted by Crippen LogP contribution is -2.09. The Balaban J connectivity index is 1.89. The van der Waals surface area contributed by atoms with Gasteiger partial charge in [0, 0.05) is 17.3 Å². The normalized spacial score (nSPS) is 11.2. The van der Waals surface area contributed by atoms with E-state index in [1.807, 2.05) is 0 Å². The number of aromatic nitrogens is 2. The quantitative estimate of drug-likeness (QED) is 0.567. The van der Waals surface area contributed by atoms with Crippen LogP contribution in [0.1, 0.15) is 28.7 Å². The van der Waals surface area contributed by atoms with Crippen molar-refractivity contribution >= 4 is 28.8 Å². The molecule has 0 saturated heterocycles. The lowest BCUT2D eigenvalue weighted by molar-refractivity contribution is -0.136. The molecule has 0 fully saturated rings. The van der Waals surface area contributed by atoms with E-state index in [1.54, 1.807) is 31.2 Å². The van der Waals surface area contributed by atoms with Crippen LogP contribution in [0, 0.1) is 6.92 Å². The highest BCUT2D eigenvalue weighted by atomic mass is 19.4. The summed E-state index contributed by atoms with van der Waals surface area (Å²) in [6, 6.07) is 13.5. The Morgan fingerprint density at radius 3 is 2.29 bits per heavy atom. The number of nitrogens with zero attached hydrogens (tertiary/aromatic N) is 2. The van der Waals surface area contributed by atoms with E-state index < -0.39 is 11.7 Å². The van der Waals surface area contributed by atoms with Crippen LogP contribution in [0.5, 0.6) is 0 Å². The second-order valence-corrected chi connectivity index (χ2v) is 6.12. The van der Waals surface area contributed by atoms with Crippen LogP contribution in [-0.4, -0.2) is 15.8 Å². The fourth-order valence-electron chi connectivity index (χ4n) is 2.64. The van der Waals surface area contributed by atoms with E-state index in [1.165, 1.54) is 31.2 Å². The predicted octanol–water partition coefficient (Wildman–Crippen LogP) is 5.49. The van der Waals surface area contributed by atoms with Gasteiger partial charge in [-0.05, 0) is 38.1 Å². The Kier molecular flexibility index (Phi) is 5.30. The predicted molar refractivity (Wildman–Crippen MR) is 101 cm³/mol. The second kappa shape index (κ2) is 7.67. The zero-order chi connectivity index (χ0) is 20.3. The number of halogens is 3. The van der Waals surface area contributed by atoms with Gasteiger partial charge in [0.2, 0.25) is 0 Å². The number of rotatable bonds is 5. The topological polar surface area (TPSA) is 66.9 Å². The molecular weight excluding hydrogens is 369 g/mol. The van der Waals surface area contributed by atoms with Gasteiger partial charge in [0.1, 0.15) is 17.5 Å². The maximum absolute atomic E-state index is 13.2. The van der Waals surface area contributed by atoms with Crippen LogP contribution in [0.25, 0.3) is 0 Å². The summed E-state index contributed by atoms with van der Waals surface area (Å²) in [7, 11) is 0. The maximum atomic E-state index is 13.2. The lowest BCUT2D eigenvalue weighted by Gasteiger charge is -2.15. The van der Waals surface area contributed by atoms with Crippen LogP contribution in [0.3, 0.4) is 0 Å². The highest BCUT2D eigenvalue weighted by Crippen LogP contribution is 2.35. The molecular formula is C20H17F3N4O. The maximum Gasteiger partial charge on any atom is 0.418 e. The van der Waals surface area contributed by atoms with E-state index >= 15 is 0 Å². The smallest absolute Gasteiger partial charge is 0.340 e. The third kappa shape index (κ3) is 4.64. The molecule has 0 aliphatic carbocycles. The summed E-state index contributed by atoms with van der Waals surface area (Å²) in [5.41, 5.74) is 0.285. The number of aryl methyl sites for hydroxylation is 1. The van der Waals surface area contributed by atoms with Crippen molar-refractivity contribution in [2.45, 2.75) is 20.0 Å². The Labute approximate surface area is 159 Å².